The molecule has 0 aromatic heterocycles. The fourth-order valence-electron chi connectivity index (χ4n) is 1.71. The quantitative estimate of drug-likeness (QED) is 0.338. The normalized spacial score (nSPS) is 20.5. The molecule has 1 atom stereocenters. The summed E-state index contributed by atoms with van der Waals surface area (Å²) in [5, 5.41) is 0. The van der Waals surface area contributed by atoms with Crippen LogP contribution in [0, 0.1) is 17.8 Å². The number of allylic oxidation sites excluding steroid dienone is 2. The van der Waals surface area contributed by atoms with E-state index >= 15 is 0 Å². The predicted octanol–water partition coefficient (Wildman–Crippen LogP) is 3.93. The second-order valence-electron chi connectivity index (χ2n) is 3.97. The lowest BCUT2D eigenvalue weighted by atomic mass is 9.95. The molecule has 1 unspecified atom stereocenters. The van der Waals surface area contributed by atoms with Crippen molar-refractivity contribution in [1.82, 2.24) is 0 Å². The largest absolute Gasteiger partial charge is 0.0983 e. The molecule has 0 heterocycles. The van der Waals surface area contributed by atoms with Crippen molar-refractivity contribution in [2.75, 3.05) is 0 Å². The Bertz CT molecular complexity index is 224. The molecule has 0 aromatic carbocycles. The molecule has 0 saturated heterocycles. The minimum atomic E-state index is 0.561. The van der Waals surface area contributed by atoms with Gasteiger partial charge in [-0.3, -0.25) is 0 Å². The molecule has 0 radical (unpaired) electrons. The van der Waals surface area contributed by atoms with E-state index in [4.69, 9.17) is 0 Å². The predicted molar refractivity (Wildman–Crippen MR) is 58.4 cm³/mol. The molecule has 0 bridgehead atoms. The summed E-state index contributed by atoms with van der Waals surface area (Å²) in [5.74, 6) is 7.07. The van der Waals surface area contributed by atoms with Gasteiger partial charge in [0.25, 0.3) is 0 Å². The fourth-order valence-corrected chi connectivity index (χ4v) is 1.71. The van der Waals surface area contributed by atoms with Crippen LogP contribution in [0.1, 0.15) is 52.4 Å². The van der Waals surface area contributed by atoms with Crippen LogP contribution in [0.25, 0.3) is 0 Å². The minimum absolute atomic E-state index is 0.561. The van der Waals surface area contributed by atoms with E-state index in [1.54, 1.807) is 0 Å². The SMILES string of the molecule is CCCCCCC1C#CCC(C)=C1. The Balaban J connectivity index is 2.16. The summed E-state index contributed by atoms with van der Waals surface area (Å²) in [6, 6.07) is 0. The van der Waals surface area contributed by atoms with Crippen LogP contribution in [0.15, 0.2) is 11.6 Å². The van der Waals surface area contributed by atoms with E-state index in [-0.39, 0.29) is 0 Å². The molecule has 1 aliphatic rings. The van der Waals surface area contributed by atoms with Crippen molar-refractivity contribution in [3.05, 3.63) is 11.6 Å². The Morgan fingerprint density at radius 1 is 1.38 bits per heavy atom. The van der Waals surface area contributed by atoms with Crippen molar-refractivity contribution >= 4 is 0 Å². The maximum atomic E-state index is 3.30. The summed E-state index contributed by atoms with van der Waals surface area (Å²) in [4.78, 5) is 0. The zero-order valence-electron chi connectivity index (χ0n) is 8.90. The second-order valence-corrected chi connectivity index (χ2v) is 3.97. The van der Waals surface area contributed by atoms with Crippen LogP contribution in [0.4, 0.5) is 0 Å². The lowest BCUT2D eigenvalue weighted by Gasteiger charge is -2.09. The molecule has 0 amide bonds. The molecule has 0 aromatic rings. The van der Waals surface area contributed by atoms with Gasteiger partial charge in [0, 0.05) is 12.3 Å². The molecule has 0 saturated carbocycles. The molecule has 0 nitrogen and oxygen atoms in total. The zero-order chi connectivity index (χ0) is 9.52. The van der Waals surface area contributed by atoms with E-state index in [2.05, 4.69) is 31.8 Å². The van der Waals surface area contributed by atoms with Crippen LogP contribution in [-0.4, -0.2) is 0 Å². The van der Waals surface area contributed by atoms with Crippen LogP contribution in [0.3, 0.4) is 0 Å². The molecule has 72 valence electrons. The van der Waals surface area contributed by atoms with Gasteiger partial charge >= 0.3 is 0 Å². The van der Waals surface area contributed by atoms with Crippen LogP contribution < -0.4 is 0 Å². The van der Waals surface area contributed by atoms with Crippen LogP contribution in [0.2, 0.25) is 0 Å². The van der Waals surface area contributed by atoms with E-state index < -0.39 is 0 Å². The Morgan fingerprint density at radius 2 is 2.23 bits per heavy atom. The third-order valence-corrected chi connectivity index (χ3v) is 2.51. The monoisotopic (exact) mass is 176 g/mol. The van der Waals surface area contributed by atoms with Crippen molar-refractivity contribution < 1.29 is 0 Å². The van der Waals surface area contributed by atoms with E-state index in [0.29, 0.717) is 5.92 Å². The minimum Gasteiger partial charge on any atom is -0.0983 e. The smallest absolute Gasteiger partial charge is 0.0385 e. The highest BCUT2D eigenvalue weighted by molar-refractivity contribution is 5.23. The molecule has 0 N–H and O–H groups in total. The van der Waals surface area contributed by atoms with Gasteiger partial charge in [0.1, 0.15) is 0 Å². The standard InChI is InChI=1S/C13H20/c1-3-4-5-6-9-13-10-7-8-12(2)11-13/h11,13H,3-6,8-9H2,1-2H3. The summed E-state index contributed by atoms with van der Waals surface area (Å²) in [6.45, 7) is 4.44. The Morgan fingerprint density at radius 3 is 2.92 bits per heavy atom. The molecular formula is C13H20. The van der Waals surface area contributed by atoms with E-state index in [0.717, 1.165) is 6.42 Å². The molecule has 13 heavy (non-hydrogen) atoms. The number of unbranched alkanes of at least 4 members (excludes halogenated alkanes) is 3. The highest BCUT2D eigenvalue weighted by Gasteiger charge is 2.04. The summed E-state index contributed by atoms with van der Waals surface area (Å²) < 4.78 is 0. The van der Waals surface area contributed by atoms with Crippen LogP contribution in [-0.2, 0) is 0 Å². The second kappa shape index (κ2) is 5.86. The Hall–Kier alpha value is -0.700. The van der Waals surface area contributed by atoms with Gasteiger partial charge in [0.05, 0.1) is 0 Å². The number of rotatable bonds is 5. The summed E-state index contributed by atoms with van der Waals surface area (Å²) in [7, 11) is 0. The van der Waals surface area contributed by atoms with Gasteiger partial charge < -0.3 is 0 Å². The summed E-state index contributed by atoms with van der Waals surface area (Å²) in [5.41, 5.74) is 1.46. The molecule has 0 heteroatoms. The highest BCUT2D eigenvalue weighted by atomic mass is 14.1. The van der Waals surface area contributed by atoms with Crippen molar-refractivity contribution in [3.63, 3.8) is 0 Å². The molecular weight excluding hydrogens is 156 g/mol. The third-order valence-electron chi connectivity index (χ3n) is 2.51. The van der Waals surface area contributed by atoms with Crippen molar-refractivity contribution in [3.8, 4) is 11.8 Å². The average molecular weight is 176 g/mol. The molecule has 0 spiro atoms. The van der Waals surface area contributed by atoms with E-state index in [1.165, 1.54) is 37.7 Å². The molecule has 0 aliphatic heterocycles. The Kier molecular flexibility index (Phi) is 4.68. The first-order valence-electron chi connectivity index (χ1n) is 5.48. The van der Waals surface area contributed by atoms with Gasteiger partial charge in [-0.1, -0.05) is 56.1 Å². The van der Waals surface area contributed by atoms with Gasteiger partial charge in [0.15, 0.2) is 0 Å². The summed E-state index contributed by atoms with van der Waals surface area (Å²) >= 11 is 0. The first-order valence-corrected chi connectivity index (χ1v) is 5.48. The van der Waals surface area contributed by atoms with Gasteiger partial charge in [-0.15, -0.1) is 0 Å². The Labute approximate surface area is 82.4 Å². The van der Waals surface area contributed by atoms with Gasteiger partial charge in [-0.05, 0) is 13.3 Å². The van der Waals surface area contributed by atoms with E-state index in [9.17, 15) is 0 Å². The molecule has 1 aliphatic carbocycles. The maximum Gasteiger partial charge on any atom is 0.0385 e. The third kappa shape index (κ3) is 4.18. The lowest BCUT2D eigenvalue weighted by Crippen LogP contribution is -1.98. The average Bonchev–Trinajstić information content (AvgIpc) is 2.13. The number of hydrogen-bond donors (Lipinski definition) is 0. The highest BCUT2D eigenvalue weighted by Crippen LogP contribution is 2.17. The summed E-state index contributed by atoms with van der Waals surface area (Å²) in [6.07, 6.45) is 10.0. The first kappa shape index (κ1) is 10.4. The van der Waals surface area contributed by atoms with Crippen molar-refractivity contribution in [2.24, 2.45) is 5.92 Å². The molecule has 1 rings (SSSR count). The van der Waals surface area contributed by atoms with Gasteiger partial charge in [-0.25, -0.2) is 0 Å². The lowest BCUT2D eigenvalue weighted by molar-refractivity contribution is 0.594. The molecule has 0 fully saturated rings. The van der Waals surface area contributed by atoms with Crippen molar-refractivity contribution in [2.45, 2.75) is 52.4 Å². The zero-order valence-corrected chi connectivity index (χ0v) is 8.90. The van der Waals surface area contributed by atoms with Gasteiger partial charge in [0.2, 0.25) is 0 Å². The van der Waals surface area contributed by atoms with Crippen LogP contribution >= 0.6 is 0 Å². The first-order chi connectivity index (χ1) is 6.33. The van der Waals surface area contributed by atoms with Crippen LogP contribution in [0.5, 0.6) is 0 Å². The fraction of sp³-hybridized carbons (Fsp3) is 0.692. The van der Waals surface area contributed by atoms with Gasteiger partial charge in [-0.2, -0.15) is 0 Å². The van der Waals surface area contributed by atoms with Crippen molar-refractivity contribution in [1.29, 1.82) is 0 Å². The van der Waals surface area contributed by atoms with E-state index in [1.807, 2.05) is 0 Å². The topological polar surface area (TPSA) is 0 Å². The number of hydrogen-bond acceptors (Lipinski definition) is 0. The maximum absolute atomic E-state index is 3.30.